The number of aromatic nitrogens is 1. The first-order valence-electron chi connectivity index (χ1n) is 7.49. The lowest BCUT2D eigenvalue weighted by molar-refractivity contribution is -0.212. The van der Waals surface area contributed by atoms with Gasteiger partial charge in [0.1, 0.15) is 11.8 Å². The van der Waals surface area contributed by atoms with Gasteiger partial charge in [0.15, 0.2) is 0 Å². The summed E-state index contributed by atoms with van der Waals surface area (Å²) in [6.07, 6.45) is -2.79. The standard InChI is InChI=1S/C16H17F3N2O2/c1-2-23-12-5-3-4-11-15(12)10(9-20-11)8-14(22)21-7-6-13(21)16(17,18)19/h3-5,9,13,20H,2,6-8H2,1H3/t13-/m1/s1. The fraction of sp³-hybridized carbons (Fsp3) is 0.438. The van der Waals surface area contributed by atoms with Crippen LogP contribution < -0.4 is 4.74 Å². The third-order valence-electron chi connectivity index (χ3n) is 4.11. The van der Waals surface area contributed by atoms with Gasteiger partial charge in [-0.25, -0.2) is 0 Å². The number of aromatic amines is 1. The third-order valence-corrected chi connectivity index (χ3v) is 4.11. The summed E-state index contributed by atoms with van der Waals surface area (Å²) in [6, 6.07) is 3.81. The van der Waals surface area contributed by atoms with Gasteiger partial charge in [-0.3, -0.25) is 4.79 Å². The van der Waals surface area contributed by atoms with Gasteiger partial charge in [-0.05, 0) is 31.0 Å². The number of hydrogen-bond donors (Lipinski definition) is 1. The van der Waals surface area contributed by atoms with Crippen LogP contribution in [0.15, 0.2) is 24.4 Å². The second-order valence-electron chi connectivity index (χ2n) is 5.54. The fourth-order valence-corrected chi connectivity index (χ4v) is 2.93. The number of H-pyrrole nitrogens is 1. The summed E-state index contributed by atoms with van der Waals surface area (Å²) in [5, 5.41) is 0.756. The van der Waals surface area contributed by atoms with E-state index in [1.807, 2.05) is 19.1 Å². The molecule has 1 aromatic heterocycles. The van der Waals surface area contributed by atoms with E-state index in [0.717, 1.165) is 15.8 Å². The number of rotatable bonds is 4. The Morgan fingerprint density at radius 3 is 2.83 bits per heavy atom. The number of benzene rings is 1. The third kappa shape index (κ3) is 2.87. The van der Waals surface area contributed by atoms with Crippen molar-refractivity contribution in [3.8, 4) is 5.75 Å². The lowest BCUT2D eigenvalue weighted by atomic mass is 10.0. The monoisotopic (exact) mass is 326 g/mol. The Bertz CT molecular complexity index is 724. The highest BCUT2D eigenvalue weighted by Crippen LogP contribution is 2.35. The summed E-state index contributed by atoms with van der Waals surface area (Å²) >= 11 is 0. The molecule has 1 N–H and O–H groups in total. The van der Waals surface area contributed by atoms with Crippen molar-refractivity contribution < 1.29 is 22.7 Å². The van der Waals surface area contributed by atoms with Gasteiger partial charge in [0.05, 0.1) is 13.0 Å². The molecule has 0 unspecified atom stereocenters. The van der Waals surface area contributed by atoms with Crippen LogP contribution in [0.2, 0.25) is 0 Å². The maximum Gasteiger partial charge on any atom is 0.408 e. The van der Waals surface area contributed by atoms with E-state index < -0.39 is 18.1 Å². The Morgan fingerprint density at radius 2 is 2.22 bits per heavy atom. The van der Waals surface area contributed by atoms with E-state index in [1.54, 1.807) is 12.3 Å². The largest absolute Gasteiger partial charge is 0.493 e. The molecule has 4 nitrogen and oxygen atoms in total. The molecule has 1 aromatic carbocycles. The van der Waals surface area contributed by atoms with Crippen LogP contribution in [-0.2, 0) is 11.2 Å². The molecule has 2 heterocycles. The summed E-state index contributed by atoms with van der Waals surface area (Å²) in [4.78, 5) is 16.2. The van der Waals surface area contributed by atoms with E-state index in [2.05, 4.69) is 4.98 Å². The molecule has 0 radical (unpaired) electrons. The van der Waals surface area contributed by atoms with E-state index >= 15 is 0 Å². The van der Waals surface area contributed by atoms with Crippen LogP contribution in [-0.4, -0.2) is 41.2 Å². The number of nitrogens with one attached hydrogen (secondary N) is 1. The molecular formula is C16H17F3N2O2. The molecule has 124 valence electrons. The van der Waals surface area contributed by atoms with E-state index in [-0.39, 0.29) is 19.4 Å². The molecule has 0 aliphatic carbocycles. The van der Waals surface area contributed by atoms with Crippen LogP contribution in [0.25, 0.3) is 10.9 Å². The zero-order valence-corrected chi connectivity index (χ0v) is 12.6. The van der Waals surface area contributed by atoms with Crippen LogP contribution >= 0.6 is 0 Å². The highest BCUT2D eigenvalue weighted by molar-refractivity contribution is 5.93. The van der Waals surface area contributed by atoms with Gasteiger partial charge in [-0.1, -0.05) is 6.07 Å². The molecule has 1 aliphatic rings. The summed E-state index contributed by atoms with van der Waals surface area (Å²) in [7, 11) is 0. The summed E-state index contributed by atoms with van der Waals surface area (Å²) in [5.41, 5.74) is 1.46. The number of nitrogens with zero attached hydrogens (tertiary/aromatic N) is 1. The highest BCUT2D eigenvalue weighted by atomic mass is 19.4. The maximum atomic E-state index is 12.8. The lowest BCUT2D eigenvalue weighted by Crippen LogP contribution is -2.58. The number of alkyl halides is 3. The van der Waals surface area contributed by atoms with Crippen LogP contribution in [0.1, 0.15) is 18.9 Å². The Kier molecular flexibility index (Phi) is 3.95. The summed E-state index contributed by atoms with van der Waals surface area (Å²) < 4.78 is 43.9. The smallest absolute Gasteiger partial charge is 0.408 e. The number of fused-ring (bicyclic) bond motifs is 1. The minimum absolute atomic E-state index is 0.0205. The first-order valence-corrected chi connectivity index (χ1v) is 7.49. The van der Waals surface area contributed by atoms with Crippen molar-refractivity contribution in [2.45, 2.75) is 32.0 Å². The van der Waals surface area contributed by atoms with E-state index in [9.17, 15) is 18.0 Å². The van der Waals surface area contributed by atoms with Crippen molar-refractivity contribution in [3.63, 3.8) is 0 Å². The Hall–Kier alpha value is -2.18. The zero-order chi connectivity index (χ0) is 16.6. The highest BCUT2D eigenvalue weighted by Gasteiger charge is 2.50. The Balaban J connectivity index is 1.83. The SMILES string of the molecule is CCOc1cccc2[nH]cc(CC(=O)N3CC[C@@H]3C(F)(F)F)c12. The first-order chi connectivity index (χ1) is 10.9. The number of carbonyl (C=O) groups excluding carboxylic acids is 1. The van der Waals surface area contributed by atoms with Gasteiger partial charge in [0.2, 0.25) is 5.91 Å². The van der Waals surface area contributed by atoms with Crippen molar-refractivity contribution in [2.24, 2.45) is 0 Å². The summed E-state index contributed by atoms with van der Waals surface area (Å²) in [6.45, 7) is 2.48. The number of halogens is 3. The maximum absolute atomic E-state index is 12.8. The minimum Gasteiger partial charge on any atom is -0.493 e. The number of likely N-dealkylation sites (tertiary alicyclic amines) is 1. The molecule has 0 spiro atoms. The molecule has 1 saturated heterocycles. The van der Waals surface area contributed by atoms with E-state index in [4.69, 9.17) is 4.74 Å². The molecule has 23 heavy (non-hydrogen) atoms. The van der Waals surface area contributed by atoms with Gasteiger partial charge >= 0.3 is 6.18 Å². The molecule has 2 aromatic rings. The van der Waals surface area contributed by atoms with Crippen LogP contribution in [0.3, 0.4) is 0 Å². The number of ether oxygens (including phenoxy) is 1. The average Bonchev–Trinajstić information content (AvgIpc) is 2.80. The molecule has 7 heteroatoms. The van der Waals surface area contributed by atoms with Crippen LogP contribution in [0.5, 0.6) is 5.75 Å². The summed E-state index contributed by atoms with van der Waals surface area (Å²) in [5.74, 6) is 0.121. The predicted molar refractivity (Wildman–Crippen MR) is 79.3 cm³/mol. The fourth-order valence-electron chi connectivity index (χ4n) is 2.93. The van der Waals surface area contributed by atoms with Gasteiger partial charge < -0.3 is 14.6 Å². The molecule has 0 bridgehead atoms. The first kappa shape index (κ1) is 15.7. The van der Waals surface area contributed by atoms with Crippen molar-refractivity contribution in [2.75, 3.05) is 13.2 Å². The van der Waals surface area contributed by atoms with Crippen molar-refractivity contribution >= 4 is 16.8 Å². The molecule has 3 rings (SSSR count). The van der Waals surface area contributed by atoms with Gasteiger partial charge in [-0.15, -0.1) is 0 Å². The quantitative estimate of drug-likeness (QED) is 0.937. The van der Waals surface area contributed by atoms with Gasteiger partial charge in [0.25, 0.3) is 0 Å². The normalized spacial score (nSPS) is 18.1. The number of amides is 1. The van der Waals surface area contributed by atoms with Crippen molar-refractivity contribution in [1.82, 2.24) is 9.88 Å². The lowest BCUT2D eigenvalue weighted by Gasteiger charge is -2.41. The van der Waals surface area contributed by atoms with Gasteiger partial charge in [0, 0.05) is 23.6 Å². The van der Waals surface area contributed by atoms with Crippen molar-refractivity contribution in [3.05, 3.63) is 30.0 Å². The molecule has 1 fully saturated rings. The van der Waals surface area contributed by atoms with E-state index in [0.29, 0.717) is 17.9 Å². The molecule has 1 atom stereocenters. The minimum atomic E-state index is -4.36. The second kappa shape index (κ2) is 5.79. The van der Waals surface area contributed by atoms with E-state index in [1.165, 1.54) is 0 Å². The topological polar surface area (TPSA) is 45.3 Å². The predicted octanol–water partition coefficient (Wildman–Crippen LogP) is 3.27. The van der Waals surface area contributed by atoms with Crippen LogP contribution in [0.4, 0.5) is 13.2 Å². The molecule has 0 saturated carbocycles. The molecular weight excluding hydrogens is 309 g/mol. The Labute approximate surface area is 131 Å². The molecule has 1 amide bonds. The number of carbonyl (C=O) groups is 1. The average molecular weight is 326 g/mol. The number of hydrogen-bond acceptors (Lipinski definition) is 2. The van der Waals surface area contributed by atoms with Crippen LogP contribution in [0, 0.1) is 0 Å². The van der Waals surface area contributed by atoms with Gasteiger partial charge in [-0.2, -0.15) is 13.2 Å². The van der Waals surface area contributed by atoms with Crippen molar-refractivity contribution in [1.29, 1.82) is 0 Å². The Morgan fingerprint density at radius 1 is 1.43 bits per heavy atom. The second-order valence-corrected chi connectivity index (χ2v) is 5.54. The zero-order valence-electron chi connectivity index (χ0n) is 12.6. The molecule has 1 aliphatic heterocycles.